The van der Waals surface area contributed by atoms with Gasteiger partial charge in [0.15, 0.2) is 0 Å². The van der Waals surface area contributed by atoms with Gasteiger partial charge in [-0.05, 0) is 27.0 Å². The third-order valence-electron chi connectivity index (χ3n) is 1.16. The molecule has 11 heavy (non-hydrogen) atoms. The van der Waals surface area contributed by atoms with Crippen molar-refractivity contribution in [3.63, 3.8) is 0 Å². The summed E-state index contributed by atoms with van der Waals surface area (Å²) in [6.45, 7) is 5.89. The highest BCUT2D eigenvalue weighted by atomic mass is 32.2. The lowest BCUT2D eigenvalue weighted by atomic mass is 10.3. The van der Waals surface area contributed by atoms with Crippen molar-refractivity contribution in [1.29, 1.82) is 0 Å². The van der Waals surface area contributed by atoms with Gasteiger partial charge in [-0.25, -0.2) is 0 Å². The lowest BCUT2D eigenvalue weighted by Gasteiger charge is -2.17. The first-order valence-electron chi connectivity index (χ1n) is 3.33. The van der Waals surface area contributed by atoms with Gasteiger partial charge < -0.3 is 0 Å². The van der Waals surface area contributed by atoms with E-state index in [0.717, 1.165) is 4.20 Å². The van der Waals surface area contributed by atoms with Crippen LogP contribution in [0.25, 0.3) is 0 Å². The lowest BCUT2D eigenvalue weighted by molar-refractivity contribution is 0.652. The van der Waals surface area contributed by atoms with Crippen LogP contribution >= 0.6 is 24.0 Å². The van der Waals surface area contributed by atoms with Crippen LogP contribution in [-0.4, -0.2) is 25.2 Å². The first-order valence-corrected chi connectivity index (χ1v) is 6.28. The number of hydrogen-bond acceptors (Lipinski definition) is 3. The summed E-state index contributed by atoms with van der Waals surface area (Å²) in [4.78, 5) is 0. The van der Waals surface area contributed by atoms with Crippen LogP contribution in [0.5, 0.6) is 0 Å². The Morgan fingerprint density at radius 2 is 2.00 bits per heavy atom. The summed E-state index contributed by atoms with van der Waals surface area (Å²) in [7, 11) is -0.829. The van der Waals surface area contributed by atoms with Crippen LogP contribution < -0.4 is 0 Å². The van der Waals surface area contributed by atoms with E-state index in [1.807, 2.05) is 27.0 Å². The maximum absolute atomic E-state index is 11.4. The molecule has 66 valence electrons. The van der Waals surface area contributed by atoms with Gasteiger partial charge >= 0.3 is 0 Å². The Morgan fingerprint density at radius 1 is 1.55 bits per heavy atom. The zero-order chi connectivity index (χ0) is 9.07. The normalized spacial score (nSPS) is 14.5. The highest BCUT2D eigenvalue weighted by molar-refractivity contribution is 8.23. The summed E-state index contributed by atoms with van der Waals surface area (Å²) in [6.07, 6.45) is 1.92. The predicted octanol–water partition coefficient (Wildman–Crippen LogP) is 2.22. The molecule has 0 saturated heterocycles. The molecule has 0 aliphatic carbocycles. The van der Waals surface area contributed by atoms with Gasteiger partial charge in [-0.1, -0.05) is 12.2 Å². The molecular formula is C7H14OS3. The van der Waals surface area contributed by atoms with Crippen LogP contribution in [0.2, 0.25) is 0 Å². The third kappa shape index (κ3) is 4.93. The number of hydrogen-bond donors (Lipinski definition) is 0. The van der Waals surface area contributed by atoms with Gasteiger partial charge in [0.25, 0.3) is 0 Å². The highest BCUT2D eigenvalue weighted by Crippen LogP contribution is 2.13. The number of thiocarbonyl (C=S) groups is 1. The van der Waals surface area contributed by atoms with Crippen LogP contribution in [0, 0.1) is 0 Å². The Bertz CT molecular complexity index is 169. The molecule has 1 nitrogen and oxygen atoms in total. The molecule has 1 unspecified atom stereocenters. The van der Waals surface area contributed by atoms with Crippen molar-refractivity contribution in [3.05, 3.63) is 0 Å². The maximum Gasteiger partial charge on any atom is 0.0653 e. The number of rotatable bonds is 2. The molecule has 0 aromatic heterocycles. The molecule has 0 spiro atoms. The molecule has 0 N–H and O–H groups in total. The third-order valence-corrected chi connectivity index (χ3v) is 4.69. The van der Waals surface area contributed by atoms with E-state index in [0.29, 0.717) is 5.75 Å². The smallest absolute Gasteiger partial charge is 0.0653 e. The predicted molar refractivity (Wildman–Crippen MR) is 58.9 cm³/mol. The summed E-state index contributed by atoms with van der Waals surface area (Å²) in [5.74, 6) is 0.542. The lowest BCUT2D eigenvalue weighted by Crippen LogP contribution is -2.26. The van der Waals surface area contributed by atoms with Gasteiger partial charge in [-0.2, -0.15) is 0 Å². The summed E-state index contributed by atoms with van der Waals surface area (Å²) < 4.78 is 12.1. The molecule has 0 radical (unpaired) electrons. The molecular weight excluding hydrogens is 196 g/mol. The zero-order valence-electron chi connectivity index (χ0n) is 7.34. The van der Waals surface area contributed by atoms with Gasteiger partial charge in [0.05, 0.1) is 9.95 Å². The van der Waals surface area contributed by atoms with E-state index in [9.17, 15) is 4.21 Å². The second-order valence-corrected chi connectivity index (χ2v) is 7.04. The van der Waals surface area contributed by atoms with E-state index in [1.54, 1.807) is 0 Å². The average molecular weight is 210 g/mol. The summed E-state index contributed by atoms with van der Waals surface area (Å²) >= 11 is 6.48. The highest BCUT2D eigenvalue weighted by Gasteiger charge is 2.19. The van der Waals surface area contributed by atoms with Crippen molar-refractivity contribution in [3.8, 4) is 0 Å². The largest absolute Gasteiger partial charge is 0.259 e. The van der Waals surface area contributed by atoms with E-state index in [1.165, 1.54) is 11.8 Å². The Balaban J connectivity index is 3.99. The summed E-state index contributed by atoms with van der Waals surface area (Å²) in [6, 6.07) is 0. The van der Waals surface area contributed by atoms with Crippen molar-refractivity contribution in [2.24, 2.45) is 0 Å². The Morgan fingerprint density at radius 3 is 2.27 bits per heavy atom. The van der Waals surface area contributed by atoms with Crippen molar-refractivity contribution < 1.29 is 4.21 Å². The molecule has 0 fully saturated rings. The minimum absolute atomic E-state index is 0.139. The van der Waals surface area contributed by atoms with Gasteiger partial charge in [0.1, 0.15) is 0 Å². The Labute approximate surface area is 80.8 Å². The molecule has 0 rings (SSSR count). The minimum Gasteiger partial charge on any atom is -0.259 e. The zero-order valence-corrected chi connectivity index (χ0v) is 9.79. The Hall–Kier alpha value is 0.590. The molecule has 0 aliphatic rings. The van der Waals surface area contributed by atoms with Crippen molar-refractivity contribution in [2.75, 3.05) is 12.0 Å². The van der Waals surface area contributed by atoms with Crippen LogP contribution in [0.3, 0.4) is 0 Å². The molecule has 0 aromatic rings. The quantitative estimate of drug-likeness (QED) is 0.651. The molecule has 0 saturated carbocycles. The monoisotopic (exact) mass is 210 g/mol. The van der Waals surface area contributed by atoms with Crippen molar-refractivity contribution >= 4 is 39.0 Å². The average Bonchev–Trinajstić information content (AvgIpc) is 1.85. The fourth-order valence-corrected chi connectivity index (χ4v) is 2.14. The van der Waals surface area contributed by atoms with Gasteiger partial charge in [-0.15, -0.1) is 11.8 Å². The van der Waals surface area contributed by atoms with E-state index in [-0.39, 0.29) is 4.75 Å². The van der Waals surface area contributed by atoms with Crippen LogP contribution in [-0.2, 0) is 10.8 Å². The maximum atomic E-state index is 11.4. The second-order valence-electron chi connectivity index (χ2n) is 3.18. The molecule has 0 bridgehead atoms. The van der Waals surface area contributed by atoms with Crippen LogP contribution in [0.4, 0.5) is 0 Å². The fraction of sp³-hybridized carbons (Fsp3) is 0.857. The van der Waals surface area contributed by atoms with Gasteiger partial charge in [0.2, 0.25) is 0 Å². The molecule has 0 amide bonds. The molecule has 0 heterocycles. The first kappa shape index (κ1) is 11.6. The molecule has 4 heteroatoms. The summed E-state index contributed by atoms with van der Waals surface area (Å²) in [5.41, 5.74) is 0. The van der Waals surface area contributed by atoms with E-state index >= 15 is 0 Å². The second kappa shape index (κ2) is 4.58. The fourth-order valence-electron chi connectivity index (χ4n) is 0.382. The standard InChI is InChI=1S/C7H14OS3/c1-7(2,3)11(8)5-6(9)10-4/h5H2,1-4H3. The van der Waals surface area contributed by atoms with Gasteiger partial charge in [-0.3, -0.25) is 4.21 Å². The van der Waals surface area contributed by atoms with Crippen molar-refractivity contribution in [2.45, 2.75) is 25.5 Å². The van der Waals surface area contributed by atoms with E-state index < -0.39 is 10.8 Å². The SMILES string of the molecule is CSC(=S)CS(=O)C(C)(C)C. The number of thioether (sulfide) groups is 1. The Kier molecular flexibility index (Phi) is 4.82. The molecule has 1 atom stereocenters. The topological polar surface area (TPSA) is 17.1 Å². The van der Waals surface area contributed by atoms with Gasteiger partial charge in [0, 0.05) is 15.5 Å². The summed E-state index contributed by atoms with van der Waals surface area (Å²) in [5, 5.41) is 0. The van der Waals surface area contributed by atoms with E-state index in [4.69, 9.17) is 12.2 Å². The molecule has 0 aromatic carbocycles. The van der Waals surface area contributed by atoms with E-state index in [2.05, 4.69) is 0 Å². The van der Waals surface area contributed by atoms with Crippen LogP contribution in [0.1, 0.15) is 20.8 Å². The minimum atomic E-state index is -0.829. The van der Waals surface area contributed by atoms with Crippen molar-refractivity contribution in [1.82, 2.24) is 0 Å². The first-order chi connectivity index (χ1) is 4.88. The van der Waals surface area contributed by atoms with Crippen LogP contribution in [0.15, 0.2) is 0 Å². The molecule has 0 aliphatic heterocycles.